The molecule has 1 atom stereocenters. The van der Waals surface area contributed by atoms with Gasteiger partial charge in [0.05, 0.1) is 5.60 Å². The Kier molecular flexibility index (Phi) is 6.42. The van der Waals surface area contributed by atoms with Gasteiger partial charge in [-0.2, -0.15) is 0 Å². The number of carbonyl (C=O) groups excluding carboxylic acids is 1. The lowest BCUT2D eigenvalue weighted by Crippen LogP contribution is -2.56. The summed E-state index contributed by atoms with van der Waals surface area (Å²) in [4.78, 5) is 26.6. The van der Waals surface area contributed by atoms with Crippen LogP contribution in [0.3, 0.4) is 0 Å². The van der Waals surface area contributed by atoms with E-state index >= 15 is 0 Å². The zero-order valence-corrected chi connectivity index (χ0v) is 13.4. The second kappa shape index (κ2) is 7.61. The molecule has 122 valence electrons. The van der Waals surface area contributed by atoms with E-state index in [1.165, 1.54) is 0 Å². The third-order valence-corrected chi connectivity index (χ3v) is 3.71. The number of piperazine rings is 1. The van der Waals surface area contributed by atoms with Crippen molar-refractivity contribution in [1.82, 2.24) is 15.1 Å². The summed E-state index contributed by atoms with van der Waals surface area (Å²) in [7, 11) is 0. The number of aliphatic carboxylic acids is 1. The highest BCUT2D eigenvalue weighted by Gasteiger charge is 2.28. The van der Waals surface area contributed by atoms with Gasteiger partial charge in [-0.25, -0.2) is 4.79 Å². The quantitative estimate of drug-likeness (QED) is 0.751. The Balaban J connectivity index is 2.37. The van der Waals surface area contributed by atoms with Crippen molar-refractivity contribution >= 4 is 12.0 Å². The van der Waals surface area contributed by atoms with E-state index in [0.717, 1.165) is 0 Å². The molecule has 2 N–H and O–H groups in total. The first-order valence-corrected chi connectivity index (χ1v) is 7.40. The fourth-order valence-electron chi connectivity index (χ4n) is 2.31. The molecule has 0 aromatic heterocycles. The summed E-state index contributed by atoms with van der Waals surface area (Å²) in [5.74, 6) is -0.827. The number of urea groups is 1. The van der Waals surface area contributed by atoms with Gasteiger partial charge in [0.15, 0.2) is 0 Å². The molecule has 0 aromatic carbocycles. The number of nitrogens with one attached hydrogen (secondary N) is 1. The van der Waals surface area contributed by atoms with Gasteiger partial charge in [0.2, 0.25) is 0 Å². The number of ether oxygens (including phenoxy) is 1. The van der Waals surface area contributed by atoms with Crippen LogP contribution in [0.2, 0.25) is 0 Å². The van der Waals surface area contributed by atoms with Crippen LogP contribution in [-0.2, 0) is 9.53 Å². The second-order valence-electron chi connectivity index (χ2n) is 5.89. The molecule has 2 amide bonds. The summed E-state index contributed by atoms with van der Waals surface area (Å²) in [6.07, 6.45) is 0. The number of amides is 2. The molecule has 0 aliphatic carbocycles. The molecule has 0 aromatic rings. The highest BCUT2D eigenvalue weighted by molar-refractivity contribution is 5.75. The van der Waals surface area contributed by atoms with E-state index < -0.39 is 12.0 Å². The number of carboxylic acids is 1. The molecule has 1 fully saturated rings. The monoisotopic (exact) mass is 301 g/mol. The number of carbonyl (C=O) groups is 2. The third-order valence-electron chi connectivity index (χ3n) is 3.71. The van der Waals surface area contributed by atoms with Crippen LogP contribution < -0.4 is 5.32 Å². The van der Waals surface area contributed by atoms with E-state index in [9.17, 15) is 9.59 Å². The molecule has 7 heteroatoms. The topological polar surface area (TPSA) is 82.1 Å². The van der Waals surface area contributed by atoms with Crippen LogP contribution in [0, 0.1) is 0 Å². The number of carboxylic acid groups (broad SMARTS) is 1. The molecule has 1 rings (SSSR count). The Morgan fingerprint density at radius 1 is 1.29 bits per heavy atom. The van der Waals surface area contributed by atoms with Gasteiger partial charge in [-0.05, 0) is 27.7 Å². The van der Waals surface area contributed by atoms with E-state index in [1.54, 1.807) is 11.8 Å². The molecular formula is C14H27N3O4. The number of hydrogen-bond donors (Lipinski definition) is 2. The molecule has 1 aliphatic heterocycles. The van der Waals surface area contributed by atoms with Gasteiger partial charge in [0, 0.05) is 39.3 Å². The van der Waals surface area contributed by atoms with E-state index in [4.69, 9.17) is 9.84 Å². The fourth-order valence-corrected chi connectivity index (χ4v) is 2.31. The average Bonchev–Trinajstić information content (AvgIpc) is 2.44. The van der Waals surface area contributed by atoms with Gasteiger partial charge in [-0.1, -0.05) is 0 Å². The van der Waals surface area contributed by atoms with Crippen LogP contribution in [0.1, 0.15) is 27.7 Å². The summed E-state index contributed by atoms with van der Waals surface area (Å²) in [5, 5.41) is 11.9. The van der Waals surface area contributed by atoms with Crippen molar-refractivity contribution in [2.75, 3.05) is 39.3 Å². The van der Waals surface area contributed by atoms with Crippen molar-refractivity contribution in [2.45, 2.75) is 39.3 Å². The lowest BCUT2D eigenvalue weighted by molar-refractivity contribution is -0.143. The lowest BCUT2D eigenvalue weighted by atomic mass is 10.1. The van der Waals surface area contributed by atoms with Crippen molar-refractivity contribution in [3.05, 3.63) is 0 Å². The summed E-state index contributed by atoms with van der Waals surface area (Å²) < 4.78 is 5.54. The molecule has 0 radical (unpaired) electrons. The third kappa shape index (κ3) is 5.51. The smallest absolute Gasteiger partial charge is 0.320 e. The van der Waals surface area contributed by atoms with Gasteiger partial charge in [-0.15, -0.1) is 0 Å². The van der Waals surface area contributed by atoms with Crippen molar-refractivity contribution in [2.24, 2.45) is 0 Å². The van der Waals surface area contributed by atoms with Crippen molar-refractivity contribution in [3.63, 3.8) is 0 Å². The van der Waals surface area contributed by atoms with Gasteiger partial charge < -0.3 is 20.1 Å². The molecule has 0 saturated carbocycles. The van der Waals surface area contributed by atoms with Crippen LogP contribution in [-0.4, -0.2) is 77.9 Å². The molecule has 1 heterocycles. The summed E-state index contributed by atoms with van der Waals surface area (Å²) >= 11 is 0. The van der Waals surface area contributed by atoms with Crippen LogP contribution in [0.15, 0.2) is 0 Å². The minimum atomic E-state index is -0.827. The Morgan fingerprint density at radius 3 is 2.33 bits per heavy atom. The molecular weight excluding hydrogens is 274 g/mol. The van der Waals surface area contributed by atoms with E-state index in [-0.39, 0.29) is 11.6 Å². The standard InChI is InChI=1S/C14H27N3O4/c1-5-21-14(3,4)10-15-13(20)17-8-6-16(7-9-17)11(2)12(18)19/h11H,5-10H2,1-4H3,(H,15,20)(H,18,19). The normalized spacial score (nSPS) is 18.4. The number of rotatable bonds is 6. The van der Waals surface area contributed by atoms with Crippen LogP contribution in [0.5, 0.6) is 0 Å². The number of hydrogen-bond acceptors (Lipinski definition) is 4. The minimum absolute atomic E-state index is 0.120. The molecule has 7 nitrogen and oxygen atoms in total. The van der Waals surface area contributed by atoms with Gasteiger partial charge >= 0.3 is 12.0 Å². The molecule has 1 saturated heterocycles. The lowest BCUT2D eigenvalue weighted by Gasteiger charge is -2.37. The molecule has 0 spiro atoms. The van der Waals surface area contributed by atoms with Gasteiger partial charge in [0.25, 0.3) is 0 Å². The molecule has 21 heavy (non-hydrogen) atoms. The Labute approximate surface area is 126 Å². The highest BCUT2D eigenvalue weighted by Crippen LogP contribution is 2.09. The fraction of sp³-hybridized carbons (Fsp3) is 0.857. The average molecular weight is 301 g/mol. The first-order chi connectivity index (χ1) is 9.76. The molecule has 1 unspecified atom stereocenters. The first-order valence-electron chi connectivity index (χ1n) is 7.40. The van der Waals surface area contributed by atoms with Crippen molar-refractivity contribution < 1.29 is 19.4 Å². The SMILES string of the molecule is CCOC(C)(C)CNC(=O)N1CCN(C(C)C(=O)O)CC1. The second-order valence-corrected chi connectivity index (χ2v) is 5.89. The minimum Gasteiger partial charge on any atom is -0.480 e. The first kappa shape index (κ1) is 17.7. The van der Waals surface area contributed by atoms with Crippen LogP contribution in [0.25, 0.3) is 0 Å². The Hall–Kier alpha value is -1.34. The Bertz CT molecular complexity index is 365. The van der Waals surface area contributed by atoms with Crippen LogP contribution >= 0.6 is 0 Å². The summed E-state index contributed by atoms with van der Waals surface area (Å²) in [6, 6.07) is -0.627. The van der Waals surface area contributed by atoms with Crippen molar-refractivity contribution in [1.29, 1.82) is 0 Å². The Morgan fingerprint density at radius 2 is 1.86 bits per heavy atom. The summed E-state index contributed by atoms with van der Waals surface area (Å²) in [6.45, 7) is 10.8. The van der Waals surface area contributed by atoms with E-state index in [1.807, 2.05) is 25.7 Å². The zero-order chi connectivity index (χ0) is 16.0. The van der Waals surface area contributed by atoms with Crippen molar-refractivity contribution in [3.8, 4) is 0 Å². The predicted molar refractivity (Wildman–Crippen MR) is 79.3 cm³/mol. The molecule has 1 aliphatic rings. The summed E-state index contributed by atoms with van der Waals surface area (Å²) in [5.41, 5.74) is -0.385. The largest absolute Gasteiger partial charge is 0.480 e. The zero-order valence-electron chi connectivity index (χ0n) is 13.4. The maximum atomic E-state index is 12.1. The van der Waals surface area contributed by atoms with E-state index in [2.05, 4.69) is 5.32 Å². The van der Waals surface area contributed by atoms with E-state index in [0.29, 0.717) is 39.3 Å². The number of nitrogens with zero attached hydrogens (tertiary/aromatic N) is 2. The van der Waals surface area contributed by atoms with Gasteiger partial charge in [0.1, 0.15) is 6.04 Å². The highest BCUT2D eigenvalue weighted by atomic mass is 16.5. The molecule has 0 bridgehead atoms. The predicted octanol–water partition coefficient (Wildman–Crippen LogP) is 0.602. The maximum Gasteiger partial charge on any atom is 0.320 e. The van der Waals surface area contributed by atoms with Crippen LogP contribution in [0.4, 0.5) is 4.79 Å². The maximum absolute atomic E-state index is 12.1. The van der Waals surface area contributed by atoms with Gasteiger partial charge in [-0.3, -0.25) is 9.69 Å².